The van der Waals surface area contributed by atoms with E-state index in [2.05, 4.69) is 13.8 Å². The van der Waals surface area contributed by atoms with Crippen molar-refractivity contribution >= 4 is 5.97 Å². The molecule has 0 amide bonds. The topological polar surface area (TPSA) is 74.2 Å². The van der Waals surface area contributed by atoms with E-state index in [0.29, 0.717) is 11.8 Å². The molecule has 1 spiro atoms. The molecule has 6 nitrogen and oxygen atoms in total. The van der Waals surface area contributed by atoms with Crippen molar-refractivity contribution in [3.63, 3.8) is 0 Å². The molecule has 0 radical (unpaired) electrons. The minimum Gasteiger partial charge on any atom is -0.481 e. The maximum Gasteiger partial charge on any atom is 0.305 e. The molecule has 4 heterocycles. The third-order valence-electron chi connectivity index (χ3n) is 6.67. The number of rotatable bonds is 2. The maximum absolute atomic E-state index is 11.2. The molecule has 1 aliphatic carbocycles. The van der Waals surface area contributed by atoms with E-state index in [0.717, 1.165) is 25.7 Å². The van der Waals surface area contributed by atoms with E-state index in [1.165, 1.54) is 0 Å². The van der Waals surface area contributed by atoms with Gasteiger partial charge in [-0.1, -0.05) is 13.8 Å². The number of fused-ring (bicyclic) bond motifs is 2. The highest BCUT2D eigenvalue weighted by molar-refractivity contribution is 5.67. The summed E-state index contributed by atoms with van der Waals surface area (Å²) in [6.07, 6.45) is 3.02. The molecule has 0 aromatic carbocycles. The molecule has 0 aromatic rings. The lowest BCUT2D eigenvalue weighted by molar-refractivity contribution is -0.571. The van der Waals surface area contributed by atoms with Gasteiger partial charge in [-0.05, 0) is 43.9 Å². The van der Waals surface area contributed by atoms with Crippen molar-refractivity contribution in [3.05, 3.63) is 0 Å². The van der Waals surface area contributed by atoms with E-state index >= 15 is 0 Å². The minimum atomic E-state index is -0.833. The van der Waals surface area contributed by atoms with Gasteiger partial charge in [-0.2, -0.15) is 0 Å². The Morgan fingerprint density at radius 2 is 1.96 bits per heavy atom. The summed E-state index contributed by atoms with van der Waals surface area (Å²) in [4.78, 5) is 23.0. The fourth-order valence-corrected chi connectivity index (χ4v) is 5.38. The molecule has 1 N–H and O–H groups in total. The quantitative estimate of drug-likeness (QED) is 0.787. The Hall–Kier alpha value is -0.690. The molecule has 4 saturated heterocycles. The summed E-state index contributed by atoms with van der Waals surface area (Å²) in [7, 11) is 0. The molecular formula is C17H26O6. The number of ether oxygens (including phenoxy) is 2. The largest absolute Gasteiger partial charge is 0.481 e. The Labute approximate surface area is 136 Å². The van der Waals surface area contributed by atoms with E-state index in [9.17, 15) is 9.90 Å². The van der Waals surface area contributed by atoms with Crippen molar-refractivity contribution in [1.82, 2.24) is 0 Å². The van der Waals surface area contributed by atoms with Crippen LogP contribution in [0.25, 0.3) is 0 Å². The molecule has 4 aliphatic heterocycles. The zero-order chi connectivity index (χ0) is 16.4. The third-order valence-corrected chi connectivity index (χ3v) is 6.67. The molecule has 1 saturated carbocycles. The Morgan fingerprint density at radius 1 is 1.17 bits per heavy atom. The van der Waals surface area contributed by atoms with Gasteiger partial charge in [0.05, 0.1) is 12.5 Å². The van der Waals surface area contributed by atoms with Crippen LogP contribution < -0.4 is 0 Å². The normalized spacial score (nSPS) is 55.1. The van der Waals surface area contributed by atoms with Crippen LogP contribution in [0.1, 0.15) is 52.9 Å². The highest BCUT2D eigenvalue weighted by Gasteiger charge is 2.69. The third kappa shape index (κ3) is 2.18. The summed E-state index contributed by atoms with van der Waals surface area (Å²) in [6.45, 7) is 6.23. The summed E-state index contributed by atoms with van der Waals surface area (Å²) < 4.78 is 12.3. The van der Waals surface area contributed by atoms with Crippen molar-refractivity contribution in [3.8, 4) is 0 Å². The van der Waals surface area contributed by atoms with Crippen molar-refractivity contribution in [1.29, 1.82) is 0 Å². The second-order valence-electron chi connectivity index (χ2n) is 8.04. The summed E-state index contributed by atoms with van der Waals surface area (Å²) >= 11 is 0. The number of hydrogen-bond donors (Lipinski definition) is 1. The Balaban J connectivity index is 1.74. The second-order valence-corrected chi connectivity index (χ2v) is 8.04. The molecule has 5 fully saturated rings. The summed E-state index contributed by atoms with van der Waals surface area (Å²) in [5.41, 5.74) is -0.595. The van der Waals surface area contributed by atoms with Crippen LogP contribution in [0.2, 0.25) is 0 Å². The molecule has 6 heteroatoms. The minimum absolute atomic E-state index is 0.00536. The van der Waals surface area contributed by atoms with E-state index in [1.54, 1.807) is 0 Å². The highest BCUT2D eigenvalue weighted by Crippen LogP contribution is 2.60. The Morgan fingerprint density at radius 3 is 2.70 bits per heavy atom. The zero-order valence-corrected chi connectivity index (χ0v) is 14.0. The van der Waals surface area contributed by atoms with Gasteiger partial charge in [-0.3, -0.25) is 4.79 Å². The first-order valence-corrected chi connectivity index (χ1v) is 8.77. The molecule has 2 bridgehead atoms. The lowest BCUT2D eigenvalue weighted by atomic mass is 9.57. The summed E-state index contributed by atoms with van der Waals surface area (Å²) in [5.74, 6) is -0.481. The first-order valence-electron chi connectivity index (χ1n) is 8.77. The van der Waals surface area contributed by atoms with Gasteiger partial charge in [0.2, 0.25) is 5.79 Å². The number of carbonyl (C=O) groups is 1. The van der Waals surface area contributed by atoms with Crippen molar-refractivity contribution < 1.29 is 29.1 Å². The van der Waals surface area contributed by atoms with Gasteiger partial charge < -0.3 is 14.6 Å². The van der Waals surface area contributed by atoms with Crippen LogP contribution in [0.15, 0.2) is 0 Å². The fraction of sp³-hybridized carbons (Fsp3) is 0.941. The lowest BCUT2D eigenvalue weighted by Gasteiger charge is -2.60. The molecule has 0 aromatic heterocycles. The van der Waals surface area contributed by atoms with Gasteiger partial charge in [0.25, 0.3) is 0 Å². The first-order chi connectivity index (χ1) is 10.9. The van der Waals surface area contributed by atoms with Gasteiger partial charge >= 0.3 is 5.97 Å². The predicted molar refractivity (Wildman–Crippen MR) is 79.1 cm³/mol. The SMILES string of the molecule is C[C@H]1[C@@H](CC(=O)O)O[C@@H]2O[C@@]3(C)CC[C@H]4[C@H](C)CC[C@@H]1[C@@]24OO3. The fourth-order valence-electron chi connectivity index (χ4n) is 5.38. The van der Waals surface area contributed by atoms with E-state index < -0.39 is 23.6 Å². The molecule has 5 rings (SSSR count). The van der Waals surface area contributed by atoms with Crippen LogP contribution in [0.3, 0.4) is 0 Å². The van der Waals surface area contributed by atoms with Gasteiger partial charge in [0, 0.05) is 12.3 Å². The first kappa shape index (κ1) is 15.8. The highest BCUT2D eigenvalue weighted by atomic mass is 17.3. The van der Waals surface area contributed by atoms with Crippen LogP contribution in [0, 0.1) is 23.7 Å². The van der Waals surface area contributed by atoms with Gasteiger partial charge in [-0.25, -0.2) is 9.78 Å². The average Bonchev–Trinajstić information content (AvgIpc) is 2.70. The van der Waals surface area contributed by atoms with Crippen LogP contribution in [0.4, 0.5) is 0 Å². The standard InChI is InChI=1S/C17H26O6/c1-9-4-5-12-10(2)13(8-14(18)19)20-15-17(12)11(9)6-7-16(3,21-15)22-23-17/h9-13,15H,4-8H2,1-3H3,(H,18,19)/t9-,10-,11+,12+,13-,15-,16-,17-/m1/s1. The number of carboxylic acid groups (broad SMARTS) is 1. The molecule has 8 atom stereocenters. The van der Waals surface area contributed by atoms with Crippen molar-refractivity contribution in [2.75, 3.05) is 0 Å². The zero-order valence-electron chi connectivity index (χ0n) is 14.0. The van der Waals surface area contributed by atoms with Gasteiger partial charge in [0.15, 0.2) is 11.9 Å². The lowest BCUT2D eigenvalue weighted by Crippen LogP contribution is -2.70. The van der Waals surface area contributed by atoms with E-state index in [4.69, 9.17) is 19.2 Å². The van der Waals surface area contributed by atoms with Crippen molar-refractivity contribution in [2.45, 2.75) is 76.7 Å². The van der Waals surface area contributed by atoms with Gasteiger partial charge in [0.1, 0.15) is 0 Å². The molecule has 23 heavy (non-hydrogen) atoms. The van der Waals surface area contributed by atoms with E-state index in [-0.39, 0.29) is 24.4 Å². The Kier molecular flexibility index (Phi) is 3.54. The van der Waals surface area contributed by atoms with Crippen LogP contribution >= 0.6 is 0 Å². The number of carboxylic acids is 1. The van der Waals surface area contributed by atoms with Crippen LogP contribution in [-0.2, 0) is 24.0 Å². The second kappa shape index (κ2) is 5.15. The monoisotopic (exact) mass is 326 g/mol. The molecule has 5 aliphatic rings. The average molecular weight is 326 g/mol. The maximum atomic E-state index is 11.2. The van der Waals surface area contributed by atoms with Crippen LogP contribution in [-0.4, -0.2) is 34.9 Å². The summed E-state index contributed by atoms with van der Waals surface area (Å²) in [5, 5.41) is 9.21. The Bertz CT molecular complexity index is 509. The van der Waals surface area contributed by atoms with Crippen molar-refractivity contribution in [2.24, 2.45) is 23.7 Å². The van der Waals surface area contributed by atoms with E-state index in [1.807, 2.05) is 6.92 Å². The molecular weight excluding hydrogens is 300 g/mol. The summed E-state index contributed by atoms with van der Waals surface area (Å²) in [6, 6.07) is 0. The number of hydrogen-bond acceptors (Lipinski definition) is 5. The predicted octanol–water partition coefficient (Wildman–Crippen LogP) is 2.71. The van der Waals surface area contributed by atoms with Gasteiger partial charge in [-0.15, -0.1) is 0 Å². The molecule has 130 valence electrons. The molecule has 0 unspecified atom stereocenters. The van der Waals surface area contributed by atoms with Crippen LogP contribution in [0.5, 0.6) is 0 Å². The number of aliphatic carboxylic acids is 1. The smallest absolute Gasteiger partial charge is 0.305 e.